The number of nitrogens with one attached hydrogen (secondary N) is 3. The highest BCUT2D eigenvalue weighted by atomic mass is 16.4. The largest absolute Gasteiger partial charge is 0.481 e. The van der Waals surface area contributed by atoms with Crippen LogP contribution in [0.25, 0.3) is 0 Å². The second-order valence-corrected chi connectivity index (χ2v) is 11.5. The van der Waals surface area contributed by atoms with Crippen LogP contribution in [0.15, 0.2) is 24.3 Å². The molecule has 44 heavy (non-hydrogen) atoms. The van der Waals surface area contributed by atoms with Gasteiger partial charge in [0.25, 0.3) is 11.8 Å². The molecule has 0 aromatic heterocycles. The summed E-state index contributed by atoms with van der Waals surface area (Å²) in [5.41, 5.74) is 0.652. The first kappa shape index (κ1) is 38.0. The van der Waals surface area contributed by atoms with E-state index in [4.69, 9.17) is 10.2 Å². The molecule has 1 aromatic rings. The molecule has 1 rings (SSSR count). The zero-order valence-electron chi connectivity index (χ0n) is 26.5. The molecule has 0 bridgehead atoms. The van der Waals surface area contributed by atoms with Crippen LogP contribution in [0.2, 0.25) is 0 Å². The fourth-order valence-electron chi connectivity index (χ4n) is 4.63. The van der Waals surface area contributed by atoms with E-state index < -0.39 is 66.2 Å². The third-order valence-corrected chi connectivity index (χ3v) is 6.94. The van der Waals surface area contributed by atoms with Crippen molar-refractivity contribution in [3.63, 3.8) is 0 Å². The molecule has 0 aliphatic rings. The molecule has 0 fully saturated rings. The van der Waals surface area contributed by atoms with Crippen molar-refractivity contribution < 1.29 is 44.1 Å². The van der Waals surface area contributed by atoms with Gasteiger partial charge >= 0.3 is 11.9 Å². The van der Waals surface area contributed by atoms with Crippen LogP contribution in [0.1, 0.15) is 94.4 Å². The van der Waals surface area contributed by atoms with Crippen molar-refractivity contribution in [2.24, 2.45) is 11.8 Å². The van der Waals surface area contributed by atoms with Crippen molar-refractivity contribution in [2.75, 3.05) is 13.1 Å². The molecule has 13 nitrogen and oxygen atoms in total. The number of aliphatic hydroxyl groups is 1. The Balaban J connectivity index is 2.93. The molecule has 0 spiro atoms. The predicted octanol–water partition coefficient (Wildman–Crippen LogP) is 2.03. The molecule has 0 saturated heterocycles. The minimum atomic E-state index is -1.66. The molecule has 0 aliphatic heterocycles. The second kappa shape index (κ2) is 18.6. The van der Waals surface area contributed by atoms with Gasteiger partial charge in [-0.3, -0.25) is 24.0 Å². The summed E-state index contributed by atoms with van der Waals surface area (Å²) in [7, 11) is 0. The maximum absolute atomic E-state index is 13.2. The lowest BCUT2D eigenvalue weighted by atomic mass is 9.92. The smallest absolute Gasteiger partial charge is 0.326 e. The van der Waals surface area contributed by atoms with Crippen LogP contribution >= 0.6 is 0 Å². The summed E-state index contributed by atoms with van der Waals surface area (Å²) < 4.78 is 0. The molecular weight excluding hydrogens is 572 g/mol. The van der Waals surface area contributed by atoms with Crippen LogP contribution in [-0.2, 0) is 19.2 Å². The Morgan fingerprint density at radius 2 is 1.41 bits per heavy atom. The lowest BCUT2D eigenvalue weighted by Crippen LogP contribution is -2.52. The summed E-state index contributed by atoms with van der Waals surface area (Å²) in [5.74, 6) is -5.76. The maximum Gasteiger partial charge on any atom is 0.326 e. The molecule has 0 aliphatic carbocycles. The number of hydrogen-bond donors (Lipinski definition) is 6. The van der Waals surface area contributed by atoms with E-state index in [0.29, 0.717) is 25.1 Å². The first-order chi connectivity index (χ1) is 20.6. The highest BCUT2D eigenvalue weighted by Gasteiger charge is 2.30. The zero-order chi connectivity index (χ0) is 33.6. The van der Waals surface area contributed by atoms with Gasteiger partial charge in [0, 0.05) is 30.1 Å². The number of carbonyl (C=O) groups is 6. The Kier molecular flexibility index (Phi) is 16.1. The third kappa shape index (κ3) is 12.7. The topological polar surface area (TPSA) is 202 Å². The molecule has 5 unspecified atom stereocenters. The highest BCUT2D eigenvalue weighted by molar-refractivity contribution is 6.00. The number of benzene rings is 1. The molecule has 0 radical (unpaired) electrons. The van der Waals surface area contributed by atoms with Crippen molar-refractivity contribution in [2.45, 2.75) is 97.9 Å². The number of amides is 4. The van der Waals surface area contributed by atoms with Gasteiger partial charge in [0.05, 0.1) is 18.6 Å². The van der Waals surface area contributed by atoms with Crippen LogP contribution in [0.3, 0.4) is 0 Å². The average molecular weight is 621 g/mol. The fourth-order valence-corrected chi connectivity index (χ4v) is 4.63. The van der Waals surface area contributed by atoms with Crippen molar-refractivity contribution >= 4 is 35.6 Å². The quantitative estimate of drug-likeness (QED) is 0.134. The van der Waals surface area contributed by atoms with E-state index in [0.717, 1.165) is 12.8 Å². The van der Waals surface area contributed by atoms with E-state index in [1.165, 1.54) is 19.9 Å². The van der Waals surface area contributed by atoms with Gasteiger partial charge in [0.2, 0.25) is 11.8 Å². The van der Waals surface area contributed by atoms with Gasteiger partial charge in [-0.05, 0) is 56.7 Å². The van der Waals surface area contributed by atoms with Crippen LogP contribution in [0.5, 0.6) is 0 Å². The predicted molar refractivity (Wildman–Crippen MR) is 163 cm³/mol. The number of carboxylic acid groups (broad SMARTS) is 2. The van der Waals surface area contributed by atoms with E-state index in [-0.39, 0.29) is 23.8 Å². The van der Waals surface area contributed by atoms with E-state index in [1.54, 1.807) is 23.1 Å². The SMILES string of the molecule is CCCN(CCC)C(=O)c1cccc(C(=O)NC(CC(C)C)C(O)CC(C)C(=O)NC(C)C(=O)NC(CC(=O)O)C(=O)O)c1. The Bertz CT molecular complexity index is 1150. The van der Waals surface area contributed by atoms with Crippen molar-refractivity contribution in [1.29, 1.82) is 0 Å². The standard InChI is InChI=1S/C31H48N4O9/c1-7-12-35(13-8-2)30(42)22-11-9-10-21(16-22)29(41)33-23(14-18(3)4)25(36)15-19(5)27(39)32-20(6)28(40)34-24(31(43)44)17-26(37)38/h9-11,16,18-20,23-25,36H,7-8,12-15,17H2,1-6H3,(H,32,39)(H,33,41)(H,34,40)(H,37,38)(H,43,44). The van der Waals surface area contributed by atoms with Crippen LogP contribution in [-0.4, -0.2) is 93.1 Å². The Hall–Kier alpha value is -4.00. The number of nitrogens with zero attached hydrogens (tertiary/aromatic N) is 1. The lowest BCUT2D eigenvalue weighted by molar-refractivity contribution is -0.147. The van der Waals surface area contributed by atoms with Gasteiger partial charge in [0.15, 0.2) is 0 Å². The van der Waals surface area contributed by atoms with Gasteiger partial charge in [-0.2, -0.15) is 0 Å². The van der Waals surface area contributed by atoms with Gasteiger partial charge in [-0.1, -0.05) is 40.7 Å². The molecule has 1 aromatic carbocycles. The zero-order valence-corrected chi connectivity index (χ0v) is 26.5. The first-order valence-corrected chi connectivity index (χ1v) is 15.0. The van der Waals surface area contributed by atoms with Gasteiger partial charge in [-0.15, -0.1) is 0 Å². The molecule has 0 saturated carbocycles. The third-order valence-electron chi connectivity index (χ3n) is 6.94. The molecule has 246 valence electrons. The molecule has 13 heteroatoms. The van der Waals surface area contributed by atoms with Gasteiger partial charge in [-0.25, -0.2) is 4.79 Å². The van der Waals surface area contributed by atoms with E-state index in [2.05, 4.69) is 16.0 Å². The number of carboxylic acids is 2. The number of hydrogen-bond acceptors (Lipinski definition) is 7. The molecular formula is C31H48N4O9. The monoisotopic (exact) mass is 620 g/mol. The van der Waals surface area contributed by atoms with Crippen LogP contribution in [0.4, 0.5) is 0 Å². The maximum atomic E-state index is 13.2. The molecule has 6 N–H and O–H groups in total. The Morgan fingerprint density at radius 3 is 1.93 bits per heavy atom. The first-order valence-electron chi connectivity index (χ1n) is 15.0. The minimum Gasteiger partial charge on any atom is -0.481 e. The molecule has 4 amide bonds. The van der Waals surface area contributed by atoms with Crippen LogP contribution < -0.4 is 16.0 Å². The normalized spacial score (nSPS) is 14.5. The number of carbonyl (C=O) groups excluding carboxylic acids is 4. The van der Waals surface area contributed by atoms with E-state index in [1.807, 2.05) is 27.7 Å². The lowest BCUT2D eigenvalue weighted by Gasteiger charge is -2.28. The number of rotatable bonds is 19. The molecule has 0 heterocycles. The summed E-state index contributed by atoms with van der Waals surface area (Å²) in [6.07, 6.45) is -0.00463. The number of aliphatic carboxylic acids is 2. The highest BCUT2D eigenvalue weighted by Crippen LogP contribution is 2.17. The summed E-state index contributed by atoms with van der Waals surface area (Å²) in [5, 5.41) is 36.4. The summed E-state index contributed by atoms with van der Waals surface area (Å²) >= 11 is 0. The summed E-state index contributed by atoms with van der Waals surface area (Å²) in [4.78, 5) is 75.3. The van der Waals surface area contributed by atoms with E-state index >= 15 is 0 Å². The molecule has 5 atom stereocenters. The summed E-state index contributed by atoms with van der Waals surface area (Å²) in [6, 6.07) is 2.85. The van der Waals surface area contributed by atoms with E-state index in [9.17, 15) is 33.9 Å². The van der Waals surface area contributed by atoms with Crippen molar-refractivity contribution in [3.8, 4) is 0 Å². The summed E-state index contributed by atoms with van der Waals surface area (Å²) in [6.45, 7) is 11.9. The average Bonchev–Trinajstić information content (AvgIpc) is 2.95. The van der Waals surface area contributed by atoms with Gasteiger partial charge in [0.1, 0.15) is 12.1 Å². The van der Waals surface area contributed by atoms with Gasteiger partial charge < -0.3 is 36.2 Å². The Labute approximate surface area is 258 Å². The van der Waals surface area contributed by atoms with Crippen molar-refractivity contribution in [3.05, 3.63) is 35.4 Å². The van der Waals surface area contributed by atoms with Crippen molar-refractivity contribution in [1.82, 2.24) is 20.9 Å². The number of aliphatic hydroxyl groups excluding tert-OH is 1. The second-order valence-electron chi connectivity index (χ2n) is 11.5. The Morgan fingerprint density at radius 1 is 0.818 bits per heavy atom. The fraction of sp³-hybridized carbons (Fsp3) is 0.613. The van der Waals surface area contributed by atoms with Crippen LogP contribution in [0, 0.1) is 11.8 Å². The minimum absolute atomic E-state index is 0.0594.